The van der Waals surface area contributed by atoms with Gasteiger partial charge in [-0.05, 0) is 18.6 Å². The summed E-state index contributed by atoms with van der Waals surface area (Å²) in [6.07, 6.45) is -0.0195. The van der Waals surface area contributed by atoms with E-state index in [2.05, 4.69) is 0 Å². The van der Waals surface area contributed by atoms with Crippen LogP contribution in [0.1, 0.15) is 18.6 Å². The van der Waals surface area contributed by atoms with E-state index in [0.717, 1.165) is 16.8 Å². The third-order valence-electron chi connectivity index (χ3n) is 2.99. The summed E-state index contributed by atoms with van der Waals surface area (Å²) in [7, 11) is -0.315. The summed E-state index contributed by atoms with van der Waals surface area (Å²) in [5.74, 6) is 0.864. The minimum atomic E-state index is -0.315. The Morgan fingerprint density at radius 1 is 1.47 bits per heavy atom. The second-order valence-electron chi connectivity index (χ2n) is 4.21. The molecule has 1 aromatic carbocycles. The molecule has 2 aliphatic heterocycles. The van der Waals surface area contributed by atoms with Gasteiger partial charge in [0.2, 0.25) is 0 Å². The quantitative estimate of drug-likeness (QED) is 0.748. The predicted molar refractivity (Wildman–Crippen MR) is 68.0 cm³/mol. The van der Waals surface area contributed by atoms with Gasteiger partial charge in [0.25, 0.3) is 0 Å². The molecule has 3 rings (SSSR count). The number of nitrogens with two attached hydrogens (primary N) is 1. The Morgan fingerprint density at radius 3 is 3.06 bits per heavy atom. The highest BCUT2D eigenvalue weighted by Gasteiger charge is 2.41. The maximum Gasteiger partial charge on any atom is 0.498 e. The standard InChI is InChI=1S/C11H14BNO3.ClH/c1-7-6-14-12-11-8(10(5-13)16-12)3-2-4-9(11)15-7;/h2-4,7,10H,5-6,13H2,1H3;1H/t7?,10-;/m1./s1. The van der Waals surface area contributed by atoms with Gasteiger partial charge in [-0.15, -0.1) is 12.4 Å². The Balaban J connectivity index is 0.00000108. The summed E-state index contributed by atoms with van der Waals surface area (Å²) < 4.78 is 17.2. The summed E-state index contributed by atoms with van der Waals surface area (Å²) >= 11 is 0. The van der Waals surface area contributed by atoms with E-state index in [4.69, 9.17) is 19.8 Å². The molecule has 0 fully saturated rings. The van der Waals surface area contributed by atoms with Crippen LogP contribution in [0, 0.1) is 0 Å². The molecule has 0 amide bonds. The van der Waals surface area contributed by atoms with Crippen LogP contribution in [0.15, 0.2) is 18.2 Å². The summed E-state index contributed by atoms with van der Waals surface area (Å²) in [5.41, 5.74) is 7.79. The van der Waals surface area contributed by atoms with Gasteiger partial charge in [-0.25, -0.2) is 0 Å². The number of rotatable bonds is 1. The molecule has 4 nitrogen and oxygen atoms in total. The van der Waals surface area contributed by atoms with Gasteiger partial charge in [-0.1, -0.05) is 12.1 Å². The predicted octanol–water partition coefficient (Wildman–Crippen LogP) is 0.631. The molecule has 6 heteroatoms. The number of halogens is 1. The van der Waals surface area contributed by atoms with Crippen molar-refractivity contribution in [2.75, 3.05) is 13.2 Å². The van der Waals surface area contributed by atoms with Crippen LogP contribution in [0.2, 0.25) is 0 Å². The lowest BCUT2D eigenvalue weighted by Gasteiger charge is -2.15. The fourth-order valence-electron chi connectivity index (χ4n) is 2.27. The van der Waals surface area contributed by atoms with Crippen LogP contribution in [0.3, 0.4) is 0 Å². The van der Waals surface area contributed by atoms with Crippen molar-refractivity contribution in [3.8, 4) is 5.75 Å². The van der Waals surface area contributed by atoms with Crippen molar-refractivity contribution in [3.63, 3.8) is 0 Å². The van der Waals surface area contributed by atoms with Crippen LogP contribution in [0.25, 0.3) is 0 Å². The number of hydrogen-bond donors (Lipinski definition) is 1. The van der Waals surface area contributed by atoms with Crippen LogP contribution in [-0.4, -0.2) is 26.4 Å². The lowest BCUT2D eigenvalue weighted by molar-refractivity contribution is 0.113. The van der Waals surface area contributed by atoms with E-state index in [9.17, 15) is 0 Å². The first-order chi connectivity index (χ1) is 7.79. The lowest BCUT2D eigenvalue weighted by atomic mass is 9.78. The van der Waals surface area contributed by atoms with Crippen molar-refractivity contribution in [1.82, 2.24) is 0 Å². The molecule has 0 saturated carbocycles. The molecule has 0 radical (unpaired) electrons. The van der Waals surface area contributed by atoms with Crippen molar-refractivity contribution in [2.45, 2.75) is 19.1 Å². The van der Waals surface area contributed by atoms with E-state index in [1.807, 2.05) is 25.1 Å². The molecule has 2 atom stereocenters. The highest BCUT2D eigenvalue weighted by molar-refractivity contribution is 6.64. The minimum Gasteiger partial charge on any atom is -0.489 e. The normalized spacial score (nSPS) is 25.6. The van der Waals surface area contributed by atoms with Crippen molar-refractivity contribution < 1.29 is 14.0 Å². The van der Waals surface area contributed by atoms with Crippen LogP contribution < -0.4 is 15.9 Å². The molecule has 0 spiro atoms. The van der Waals surface area contributed by atoms with Crippen LogP contribution >= 0.6 is 12.4 Å². The third-order valence-corrected chi connectivity index (χ3v) is 2.99. The van der Waals surface area contributed by atoms with Crippen molar-refractivity contribution in [2.24, 2.45) is 5.73 Å². The molecular formula is C11H15BClNO3. The highest BCUT2D eigenvalue weighted by Crippen LogP contribution is 2.30. The van der Waals surface area contributed by atoms with Gasteiger partial charge < -0.3 is 19.8 Å². The largest absolute Gasteiger partial charge is 0.498 e. The molecule has 1 aromatic rings. The van der Waals surface area contributed by atoms with E-state index in [-0.39, 0.29) is 31.7 Å². The second-order valence-corrected chi connectivity index (χ2v) is 4.21. The molecule has 0 saturated heterocycles. The summed E-state index contributed by atoms with van der Waals surface area (Å²) in [6, 6.07) is 5.96. The Bertz CT molecular complexity index is 418. The van der Waals surface area contributed by atoms with Gasteiger partial charge >= 0.3 is 7.12 Å². The van der Waals surface area contributed by atoms with E-state index >= 15 is 0 Å². The highest BCUT2D eigenvalue weighted by atomic mass is 35.5. The molecule has 2 aliphatic rings. The average Bonchev–Trinajstić information content (AvgIpc) is 2.57. The zero-order valence-corrected chi connectivity index (χ0v) is 10.4. The van der Waals surface area contributed by atoms with Gasteiger partial charge in [0.15, 0.2) is 0 Å². The molecule has 0 aliphatic carbocycles. The molecule has 2 N–H and O–H groups in total. The van der Waals surface area contributed by atoms with Gasteiger partial charge in [-0.3, -0.25) is 0 Å². The fourth-order valence-corrected chi connectivity index (χ4v) is 2.27. The van der Waals surface area contributed by atoms with Crippen molar-refractivity contribution in [1.29, 1.82) is 0 Å². The molecule has 17 heavy (non-hydrogen) atoms. The number of ether oxygens (including phenoxy) is 1. The minimum absolute atomic E-state index is 0. The molecule has 0 aromatic heterocycles. The molecule has 92 valence electrons. The molecular weight excluding hydrogens is 240 g/mol. The Kier molecular flexibility index (Phi) is 3.63. The molecule has 0 bridgehead atoms. The van der Waals surface area contributed by atoms with Crippen LogP contribution in [0.4, 0.5) is 0 Å². The van der Waals surface area contributed by atoms with E-state index in [0.29, 0.717) is 13.2 Å². The SMILES string of the molecule is CC1COB2O[C@H](CN)c3cccc(c32)O1.Cl. The Hall–Kier alpha value is -0.745. The summed E-state index contributed by atoms with van der Waals surface area (Å²) in [5, 5.41) is 0. The van der Waals surface area contributed by atoms with Crippen LogP contribution in [0.5, 0.6) is 5.75 Å². The van der Waals surface area contributed by atoms with E-state index in [1.54, 1.807) is 0 Å². The van der Waals surface area contributed by atoms with Gasteiger partial charge in [0.1, 0.15) is 11.9 Å². The molecule has 2 heterocycles. The van der Waals surface area contributed by atoms with Crippen LogP contribution in [-0.2, 0) is 9.31 Å². The fraction of sp³-hybridized carbons (Fsp3) is 0.455. The van der Waals surface area contributed by atoms with Gasteiger partial charge in [0.05, 0.1) is 12.7 Å². The van der Waals surface area contributed by atoms with Crippen molar-refractivity contribution >= 4 is 25.0 Å². The number of benzene rings is 1. The first kappa shape index (κ1) is 12.7. The average molecular weight is 256 g/mol. The zero-order chi connectivity index (χ0) is 11.1. The summed E-state index contributed by atoms with van der Waals surface area (Å²) in [4.78, 5) is 0. The summed E-state index contributed by atoms with van der Waals surface area (Å²) in [6.45, 7) is 2.99. The smallest absolute Gasteiger partial charge is 0.489 e. The maximum atomic E-state index is 5.80. The maximum absolute atomic E-state index is 5.80. The first-order valence-corrected chi connectivity index (χ1v) is 5.56. The topological polar surface area (TPSA) is 53.7 Å². The van der Waals surface area contributed by atoms with Crippen molar-refractivity contribution in [3.05, 3.63) is 23.8 Å². The monoisotopic (exact) mass is 255 g/mol. The molecule has 1 unspecified atom stereocenters. The van der Waals surface area contributed by atoms with Gasteiger partial charge in [0, 0.05) is 12.0 Å². The lowest BCUT2D eigenvalue weighted by Crippen LogP contribution is -2.31. The van der Waals surface area contributed by atoms with E-state index in [1.165, 1.54) is 0 Å². The Labute approximate surface area is 107 Å². The number of hydrogen-bond acceptors (Lipinski definition) is 4. The third kappa shape index (κ3) is 2.04. The van der Waals surface area contributed by atoms with Gasteiger partial charge in [-0.2, -0.15) is 0 Å². The zero-order valence-electron chi connectivity index (χ0n) is 9.59. The van der Waals surface area contributed by atoms with E-state index < -0.39 is 0 Å². The Morgan fingerprint density at radius 2 is 2.29 bits per heavy atom. The first-order valence-electron chi connectivity index (χ1n) is 5.56. The second kappa shape index (κ2) is 4.86.